The van der Waals surface area contributed by atoms with Crippen molar-refractivity contribution in [1.29, 1.82) is 0 Å². The minimum Gasteiger partial charge on any atom is -0.220 e. The first kappa shape index (κ1) is 11.3. The van der Waals surface area contributed by atoms with Crippen LogP contribution in [0, 0.1) is 0 Å². The molecule has 14 heavy (non-hydrogen) atoms. The Morgan fingerprint density at radius 2 is 1.71 bits per heavy atom. The van der Waals surface area contributed by atoms with Gasteiger partial charge in [0.05, 0.1) is 17.6 Å². The highest BCUT2D eigenvalue weighted by molar-refractivity contribution is 7.94. The van der Waals surface area contributed by atoms with E-state index in [1.165, 1.54) is 12.1 Å². The van der Waals surface area contributed by atoms with Crippen molar-refractivity contribution in [2.24, 2.45) is 0 Å². The maximum Gasteiger partial charge on any atom is 0.416 e. The van der Waals surface area contributed by atoms with Crippen molar-refractivity contribution < 1.29 is 27.8 Å². The Bertz CT molecular complexity index is 285. The summed E-state index contributed by atoms with van der Waals surface area (Å²) in [6.07, 6.45) is -4.35. The zero-order valence-corrected chi connectivity index (χ0v) is 7.43. The fourth-order valence-corrected chi connectivity index (χ4v) is 1.11. The smallest absolute Gasteiger partial charge is 0.220 e. The predicted molar refractivity (Wildman–Crippen MR) is 42.1 cm³/mol. The highest BCUT2D eigenvalue weighted by Crippen LogP contribution is 2.30. The lowest BCUT2D eigenvalue weighted by Crippen LogP contribution is -2.03. The summed E-state index contributed by atoms with van der Waals surface area (Å²) in [7, 11) is 0. The Balaban J connectivity index is 2.69. The van der Waals surface area contributed by atoms with Gasteiger partial charge in [-0.25, -0.2) is 5.26 Å². The Morgan fingerprint density at radius 1 is 1.14 bits per heavy atom. The van der Waals surface area contributed by atoms with Crippen molar-refractivity contribution in [3.63, 3.8) is 0 Å². The van der Waals surface area contributed by atoms with Crippen LogP contribution in [0.5, 0.6) is 0 Å². The summed E-state index contributed by atoms with van der Waals surface area (Å²) in [4.78, 5) is 0.382. The van der Waals surface area contributed by atoms with Crippen molar-refractivity contribution in [3.05, 3.63) is 29.8 Å². The molecule has 0 aromatic heterocycles. The fourth-order valence-electron chi connectivity index (χ4n) is 0.754. The van der Waals surface area contributed by atoms with Crippen LogP contribution in [0.15, 0.2) is 29.2 Å². The number of hydrogen-bond donors (Lipinski definition) is 1. The van der Waals surface area contributed by atoms with Crippen LogP contribution in [0.1, 0.15) is 5.56 Å². The Labute approximate surface area is 81.5 Å². The molecule has 0 aliphatic carbocycles. The van der Waals surface area contributed by atoms with Crippen LogP contribution in [-0.2, 0) is 15.5 Å². The molecule has 7 heteroatoms. The van der Waals surface area contributed by atoms with Crippen LogP contribution < -0.4 is 0 Å². The molecule has 0 aliphatic rings. The van der Waals surface area contributed by atoms with Gasteiger partial charge in [-0.2, -0.15) is 13.2 Å². The number of alkyl halides is 3. The average Bonchev–Trinajstić information content (AvgIpc) is 2.14. The van der Waals surface area contributed by atoms with Gasteiger partial charge >= 0.3 is 6.18 Å². The van der Waals surface area contributed by atoms with Crippen molar-refractivity contribution in [2.75, 3.05) is 0 Å². The van der Waals surface area contributed by atoms with Crippen LogP contribution in [0.25, 0.3) is 0 Å². The van der Waals surface area contributed by atoms with Crippen LogP contribution in [-0.4, -0.2) is 5.26 Å². The van der Waals surface area contributed by atoms with E-state index in [2.05, 4.69) is 9.37 Å². The van der Waals surface area contributed by atoms with E-state index in [-0.39, 0.29) is 0 Å². The highest BCUT2D eigenvalue weighted by atomic mass is 32.2. The molecular formula is C7H5F3O3S. The van der Waals surface area contributed by atoms with Gasteiger partial charge in [0.25, 0.3) is 0 Å². The first-order chi connectivity index (χ1) is 6.54. The van der Waals surface area contributed by atoms with Gasteiger partial charge < -0.3 is 0 Å². The maximum absolute atomic E-state index is 12.1. The molecular weight excluding hydrogens is 221 g/mol. The summed E-state index contributed by atoms with van der Waals surface area (Å²) in [5.41, 5.74) is -0.744. The van der Waals surface area contributed by atoms with Crippen LogP contribution in [0.4, 0.5) is 13.2 Å². The quantitative estimate of drug-likeness (QED) is 0.488. The number of rotatable bonds is 3. The first-order valence-corrected chi connectivity index (χ1v) is 4.10. The van der Waals surface area contributed by atoms with Crippen molar-refractivity contribution in [3.8, 4) is 0 Å². The lowest BCUT2D eigenvalue weighted by atomic mass is 10.2. The van der Waals surface area contributed by atoms with E-state index in [1.807, 2.05) is 0 Å². The van der Waals surface area contributed by atoms with Crippen LogP contribution >= 0.6 is 12.0 Å². The molecule has 1 rings (SSSR count). The molecule has 0 saturated heterocycles. The second-order valence-corrected chi connectivity index (χ2v) is 3.02. The summed E-state index contributed by atoms with van der Waals surface area (Å²) in [6.45, 7) is 0. The Kier molecular flexibility index (Phi) is 3.76. The molecule has 1 aromatic rings. The number of halogens is 3. The van der Waals surface area contributed by atoms with E-state index in [9.17, 15) is 13.2 Å². The molecule has 0 fully saturated rings. The molecule has 1 aromatic carbocycles. The molecule has 0 heterocycles. The third-order valence-corrected chi connectivity index (χ3v) is 1.94. The molecule has 0 saturated carbocycles. The number of benzene rings is 1. The van der Waals surface area contributed by atoms with E-state index >= 15 is 0 Å². The van der Waals surface area contributed by atoms with E-state index in [4.69, 9.17) is 5.26 Å². The van der Waals surface area contributed by atoms with Crippen molar-refractivity contribution in [2.45, 2.75) is 11.1 Å². The molecule has 0 amide bonds. The topological polar surface area (TPSA) is 38.7 Å². The second kappa shape index (κ2) is 4.65. The molecule has 0 spiro atoms. The molecule has 0 aliphatic heterocycles. The first-order valence-electron chi connectivity index (χ1n) is 3.36. The summed E-state index contributed by atoms with van der Waals surface area (Å²) < 4.78 is 40.2. The van der Waals surface area contributed by atoms with E-state index in [0.717, 1.165) is 12.1 Å². The molecule has 78 valence electrons. The molecule has 0 bridgehead atoms. The van der Waals surface area contributed by atoms with Gasteiger partial charge in [0, 0.05) is 4.90 Å². The fraction of sp³-hybridized carbons (Fsp3) is 0.143. The molecule has 3 nitrogen and oxygen atoms in total. The minimum absolute atomic E-state index is 0.382. The normalized spacial score (nSPS) is 11.7. The van der Waals surface area contributed by atoms with Crippen LogP contribution in [0.3, 0.4) is 0 Å². The molecule has 0 radical (unpaired) electrons. The largest absolute Gasteiger partial charge is 0.416 e. The zero-order chi connectivity index (χ0) is 10.6. The summed E-state index contributed by atoms with van der Waals surface area (Å²) >= 11 is 0.600. The van der Waals surface area contributed by atoms with Crippen molar-refractivity contribution >= 4 is 12.0 Å². The monoisotopic (exact) mass is 226 g/mol. The Morgan fingerprint density at radius 3 is 2.14 bits per heavy atom. The SMILES string of the molecule is OOOSc1ccc(C(F)(F)F)cc1. The summed E-state index contributed by atoms with van der Waals surface area (Å²) in [5, 5.41) is 11.1. The lowest BCUT2D eigenvalue weighted by Gasteiger charge is -2.06. The van der Waals surface area contributed by atoms with Gasteiger partial charge in [0.2, 0.25) is 0 Å². The van der Waals surface area contributed by atoms with E-state index in [0.29, 0.717) is 16.9 Å². The maximum atomic E-state index is 12.1. The van der Waals surface area contributed by atoms with Crippen LogP contribution in [0.2, 0.25) is 0 Å². The lowest BCUT2D eigenvalue weighted by molar-refractivity contribution is -0.432. The second-order valence-electron chi connectivity index (χ2n) is 2.25. The third-order valence-electron chi connectivity index (χ3n) is 1.34. The molecule has 1 N–H and O–H groups in total. The summed E-state index contributed by atoms with van der Waals surface area (Å²) in [5.74, 6) is 0. The Hall–Kier alpha value is -0.760. The van der Waals surface area contributed by atoms with Gasteiger partial charge in [-0.1, -0.05) is 5.04 Å². The van der Waals surface area contributed by atoms with Gasteiger partial charge in [-0.3, -0.25) is 0 Å². The standard InChI is InChI=1S/C7H5F3O3S/c8-7(9,10)5-1-3-6(4-2-5)14-13-12-11/h1-4,11H. The zero-order valence-electron chi connectivity index (χ0n) is 6.62. The van der Waals surface area contributed by atoms with Gasteiger partial charge in [0.1, 0.15) is 0 Å². The highest BCUT2D eigenvalue weighted by Gasteiger charge is 2.29. The van der Waals surface area contributed by atoms with Gasteiger partial charge in [0.15, 0.2) is 0 Å². The minimum atomic E-state index is -4.35. The van der Waals surface area contributed by atoms with Gasteiger partial charge in [-0.05, 0) is 24.3 Å². The molecule has 0 unspecified atom stereocenters. The van der Waals surface area contributed by atoms with E-state index in [1.54, 1.807) is 0 Å². The summed E-state index contributed by atoms with van der Waals surface area (Å²) in [6, 6.07) is 4.21. The van der Waals surface area contributed by atoms with Gasteiger partial charge in [-0.15, -0.1) is 4.33 Å². The average molecular weight is 226 g/mol. The molecule has 0 atom stereocenters. The third kappa shape index (κ3) is 3.18. The number of hydrogen-bond acceptors (Lipinski definition) is 4. The van der Waals surface area contributed by atoms with E-state index < -0.39 is 11.7 Å². The van der Waals surface area contributed by atoms with Crippen molar-refractivity contribution in [1.82, 2.24) is 0 Å². The predicted octanol–water partition coefficient (Wildman–Crippen LogP) is 3.13.